The van der Waals surface area contributed by atoms with Gasteiger partial charge in [-0.25, -0.2) is 8.42 Å². The summed E-state index contributed by atoms with van der Waals surface area (Å²) in [4.78, 5) is 22.4. The molecule has 0 saturated heterocycles. The number of nitro benzene ring substituents is 1. The summed E-state index contributed by atoms with van der Waals surface area (Å²) in [5.74, 6) is 0.446. The van der Waals surface area contributed by atoms with E-state index in [1.165, 1.54) is 31.4 Å². The van der Waals surface area contributed by atoms with Gasteiger partial charge in [0.15, 0.2) is 5.78 Å². The number of hydrazone groups is 1. The molecule has 0 saturated carbocycles. The molecule has 0 radical (unpaired) electrons. The summed E-state index contributed by atoms with van der Waals surface area (Å²) in [5, 5.41) is 15.5. The average molecular weight is 466 g/mol. The maximum Gasteiger partial charge on any atom is 0.270 e. The first-order valence-electron chi connectivity index (χ1n) is 9.69. The van der Waals surface area contributed by atoms with Crippen molar-refractivity contribution in [2.75, 3.05) is 17.3 Å². The Hall–Kier alpha value is -4.25. The van der Waals surface area contributed by atoms with E-state index in [0.717, 1.165) is 6.07 Å². The Morgan fingerprint density at radius 3 is 2.39 bits per heavy atom. The van der Waals surface area contributed by atoms with Crippen LogP contribution in [0.4, 0.5) is 17.1 Å². The number of nitro groups is 1. The lowest BCUT2D eigenvalue weighted by atomic mass is 10.1. The molecule has 0 aromatic heterocycles. The van der Waals surface area contributed by atoms with Crippen LogP contribution in [0.2, 0.25) is 0 Å². The topological polar surface area (TPSA) is 140 Å². The fourth-order valence-electron chi connectivity index (χ4n) is 3.36. The Kier molecular flexibility index (Phi) is 5.80. The number of ketones is 1. The molecule has 0 fully saturated rings. The van der Waals surface area contributed by atoms with Crippen LogP contribution >= 0.6 is 0 Å². The predicted octanol–water partition coefficient (Wildman–Crippen LogP) is 3.81. The standard InChI is InChI=1S/C22H18N4O6S/c1-32-16-9-6-14(7-10-16)25-33(30,31)22-12-15(26(28)29)8-11-19(22)23-24-20-13-21(27)18-5-3-2-4-17(18)20/h2-12,23,25H,13H2,1H3. The summed E-state index contributed by atoms with van der Waals surface area (Å²) in [6, 6.07) is 16.5. The number of rotatable bonds is 7. The summed E-state index contributed by atoms with van der Waals surface area (Å²) >= 11 is 0. The van der Waals surface area contributed by atoms with E-state index >= 15 is 0 Å². The molecular formula is C22H18N4O6S. The smallest absolute Gasteiger partial charge is 0.270 e. The van der Waals surface area contributed by atoms with E-state index in [1.807, 2.05) is 0 Å². The van der Waals surface area contributed by atoms with Crippen LogP contribution in [0.3, 0.4) is 0 Å². The highest BCUT2D eigenvalue weighted by Crippen LogP contribution is 2.30. The number of nitrogens with zero attached hydrogens (tertiary/aromatic N) is 2. The second-order valence-electron chi connectivity index (χ2n) is 7.09. The Bertz CT molecular complexity index is 1380. The monoisotopic (exact) mass is 466 g/mol. The van der Waals surface area contributed by atoms with E-state index in [4.69, 9.17) is 4.74 Å². The molecule has 1 aliphatic carbocycles. The Morgan fingerprint density at radius 2 is 1.73 bits per heavy atom. The van der Waals surface area contributed by atoms with E-state index in [9.17, 15) is 23.3 Å². The van der Waals surface area contributed by atoms with Gasteiger partial charge < -0.3 is 4.74 Å². The number of benzene rings is 3. The number of sulfonamides is 1. The highest BCUT2D eigenvalue weighted by atomic mass is 32.2. The van der Waals surface area contributed by atoms with E-state index in [2.05, 4.69) is 15.2 Å². The van der Waals surface area contributed by atoms with Crippen molar-refractivity contribution in [3.8, 4) is 5.75 Å². The second kappa shape index (κ2) is 8.71. The number of methoxy groups -OCH3 is 1. The fraction of sp³-hybridized carbons (Fsp3) is 0.0909. The molecule has 10 nitrogen and oxygen atoms in total. The van der Waals surface area contributed by atoms with Gasteiger partial charge in [0.2, 0.25) is 0 Å². The summed E-state index contributed by atoms with van der Waals surface area (Å²) in [7, 11) is -2.75. The van der Waals surface area contributed by atoms with Gasteiger partial charge in [-0.1, -0.05) is 24.3 Å². The maximum atomic E-state index is 13.1. The van der Waals surface area contributed by atoms with Crippen molar-refractivity contribution in [2.24, 2.45) is 5.10 Å². The van der Waals surface area contributed by atoms with Crippen LogP contribution < -0.4 is 14.9 Å². The number of hydrogen-bond acceptors (Lipinski definition) is 8. The van der Waals surface area contributed by atoms with Gasteiger partial charge in [0, 0.05) is 28.9 Å². The molecule has 168 valence electrons. The highest BCUT2D eigenvalue weighted by molar-refractivity contribution is 7.92. The van der Waals surface area contributed by atoms with Gasteiger partial charge in [-0.05, 0) is 30.3 Å². The average Bonchev–Trinajstić information content (AvgIpc) is 3.13. The molecule has 33 heavy (non-hydrogen) atoms. The molecule has 0 amide bonds. The zero-order valence-electron chi connectivity index (χ0n) is 17.3. The number of carbonyl (C=O) groups excluding carboxylic acids is 1. The van der Waals surface area contributed by atoms with E-state index in [0.29, 0.717) is 22.6 Å². The Morgan fingerprint density at radius 1 is 1.03 bits per heavy atom. The van der Waals surface area contributed by atoms with Gasteiger partial charge in [-0.3, -0.25) is 25.1 Å². The van der Waals surface area contributed by atoms with Crippen molar-refractivity contribution < 1.29 is 22.9 Å². The van der Waals surface area contributed by atoms with Gasteiger partial charge in [-0.15, -0.1) is 0 Å². The summed E-state index contributed by atoms with van der Waals surface area (Å²) in [6.45, 7) is 0. The van der Waals surface area contributed by atoms with E-state index < -0.39 is 20.6 Å². The van der Waals surface area contributed by atoms with Crippen molar-refractivity contribution in [1.29, 1.82) is 0 Å². The number of carbonyl (C=O) groups is 1. The van der Waals surface area contributed by atoms with Gasteiger partial charge in [0.05, 0.1) is 29.9 Å². The van der Waals surface area contributed by atoms with Crippen LogP contribution in [0.5, 0.6) is 5.75 Å². The van der Waals surface area contributed by atoms with Crippen LogP contribution in [-0.4, -0.2) is 31.9 Å². The lowest BCUT2D eigenvalue weighted by Gasteiger charge is -2.13. The quantitative estimate of drug-likeness (QED) is 0.398. The zero-order chi connectivity index (χ0) is 23.6. The van der Waals surface area contributed by atoms with Crippen molar-refractivity contribution in [3.63, 3.8) is 0 Å². The summed E-state index contributed by atoms with van der Waals surface area (Å²) in [6.07, 6.45) is 0.0610. The minimum absolute atomic E-state index is 0.0194. The van der Waals surface area contributed by atoms with Crippen molar-refractivity contribution in [1.82, 2.24) is 0 Å². The molecule has 0 unspecified atom stereocenters. The highest BCUT2D eigenvalue weighted by Gasteiger charge is 2.26. The number of ether oxygens (including phenoxy) is 1. The SMILES string of the molecule is COc1ccc(NS(=O)(=O)c2cc([N+](=O)[O-])ccc2NN=C2CC(=O)c3ccccc32)cc1. The molecule has 3 aromatic rings. The largest absolute Gasteiger partial charge is 0.497 e. The van der Waals surface area contributed by atoms with E-state index in [1.54, 1.807) is 36.4 Å². The molecule has 0 aliphatic heterocycles. The van der Waals surface area contributed by atoms with Gasteiger partial charge >= 0.3 is 0 Å². The first kappa shape index (κ1) is 22.0. The third-order valence-electron chi connectivity index (χ3n) is 4.99. The minimum atomic E-state index is -4.23. The predicted molar refractivity (Wildman–Crippen MR) is 122 cm³/mol. The lowest BCUT2D eigenvalue weighted by molar-refractivity contribution is -0.385. The molecule has 0 bridgehead atoms. The van der Waals surface area contributed by atoms with Crippen molar-refractivity contribution in [3.05, 3.63) is 88.0 Å². The van der Waals surface area contributed by atoms with E-state index in [-0.39, 0.29) is 28.5 Å². The molecule has 11 heteroatoms. The number of non-ortho nitro benzene ring substituents is 1. The summed E-state index contributed by atoms with van der Waals surface area (Å²) in [5.41, 5.74) is 4.17. The molecular weight excluding hydrogens is 448 g/mol. The molecule has 0 atom stereocenters. The van der Waals surface area contributed by atoms with Gasteiger partial charge in [0.25, 0.3) is 15.7 Å². The molecule has 2 N–H and O–H groups in total. The van der Waals surface area contributed by atoms with Crippen LogP contribution in [0.25, 0.3) is 0 Å². The fourth-order valence-corrected chi connectivity index (χ4v) is 4.59. The molecule has 0 heterocycles. The van der Waals surface area contributed by atoms with Crippen LogP contribution in [0.1, 0.15) is 22.3 Å². The van der Waals surface area contributed by atoms with Crippen LogP contribution in [0, 0.1) is 10.1 Å². The van der Waals surface area contributed by atoms with Crippen molar-refractivity contribution in [2.45, 2.75) is 11.3 Å². The zero-order valence-corrected chi connectivity index (χ0v) is 18.1. The minimum Gasteiger partial charge on any atom is -0.497 e. The third-order valence-corrected chi connectivity index (χ3v) is 6.41. The normalized spacial score (nSPS) is 14.1. The van der Waals surface area contributed by atoms with Crippen molar-refractivity contribution >= 4 is 38.6 Å². The Labute approximate surface area is 189 Å². The number of nitrogens with one attached hydrogen (secondary N) is 2. The number of Topliss-reactive ketones (excluding diaryl/α,β-unsaturated/α-hetero) is 1. The van der Waals surface area contributed by atoms with Crippen LogP contribution in [0.15, 0.2) is 76.7 Å². The number of anilines is 2. The number of fused-ring (bicyclic) bond motifs is 1. The molecule has 0 spiro atoms. The molecule has 1 aliphatic rings. The Balaban J connectivity index is 1.69. The van der Waals surface area contributed by atoms with Crippen LogP contribution in [-0.2, 0) is 10.0 Å². The number of hydrogen-bond donors (Lipinski definition) is 2. The third kappa shape index (κ3) is 4.53. The lowest BCUT2D eigenvalue weighted by Crippen LogP contribution is -2.15. The second-order valence-corrected chi connectivity index (χ2v) is 8.74. The first-order valence-corrected chi connectivity index (χ1v) is 11.2. The first-order chi connectivity index (χ1) is 15.8. The molecule has 3 aromatic carbocycles. The molecule has 4 rings (SSSR count). The maximum absolute atomic E-state index is 13.1. The van der Waals surface area contributed by atoms with Gasteiger partial charge in [-0.2, -0.15) is 5.10 Å². The van der Waals surface area contributed by atoms with Gasteiger partial charge in [0.1, 0.15) is 10.6 Å². The summed E-state index contributed by atoms with van der Waals surface area (Å²) < 4.78 is 33.6.